The van der Waals surface area contributed by atoms with Crippen molar-refractivity contribution in [2.24, 2.45) is 5.92 Å². The lowest BCUT2D eigenvalue weighted by atomic mass is 10.0. The Kier molecular flexibility index (Phi) is 5.21. The molecule has 5 nitrogen and oxygen atoms in total. The van der Waals surface area contributed by atoms with Gasteiger partial charge in [-0.2, -0.15) is 5.26 Å². The van der Waals surface area contributed by atoms with Crippen LogP contribution in [0.5, 0.6) is 0 Å². The van der Waals surface area contributed by atoms with E-state index >= 15 is 0 Å². The van der Waals surface area contributed by atoms with Crippen LogP contribution in [0.25, 0.3) is 0 Å². The third-order valence-corrected chi connectivity index (χ3v) is 3.75. The molecule has 2 rings (SSSR count). The Morgan fingerprint density at radius 1 is 1.27 bits per heavy atom. The van der Waals surface area contributed by atoms with Gasteiger partial charge in [0, 0.05) is 12.2 Å². The average molecular weight is 304 g/mol. The molecule has 6 heteroatoms. The van der Waals surface area contributed by atoms with E-state index in [9.17, 15) is 14.4 Å². The zero-order chi connectivity index (χ0) is 16.1. The summed E-state index contributed by atoms with van der Waals surface area (Å²) in [4.78, 5) is 12.8. The lowest BCUT2D eigenvalue weighted by Gasteiger charge is -2.37. The minimum atomic E-state index is -0.459. The minimum Gasteiger partial charge on any atom is -0.373 e. The number of halogens is 1. The summed E-state index contributed by atoms with van der Waals surface area (Å²) in [7, 11) is 0. The Balaban J connectivity index is 2.14. The number of amides is 1. The molecule has 1 N–H and O–H groups in total. The molecule has 0 bridgehead atoms. The van der Waals surface area contributed by atoms with Crippen LogP contribution >= 0.6 is 0 Å². The van der Waals surface area contributed by atoms with E-state index < -0.39 is 6.04 Å². The first-order valence-electron chi connectivity index (χ1n) is 7.53. The van der Waals surface area contributed by atoms with Crippen molar-refractivity contribution in [1.29, 1.82) is 5.26 Å². The number of carbonyl (C=O) groups is 1. The van der Waals surface area contributed by atoms with Crippen LogP contribution in [0.1, 0.15) is 26.7 Å². The number of nitrogens with one attached hydrogen (secondary N) is 1. The van der Waals surface area contributed by atoms with Crippen molar-refractivity contribution in [2.45, 2.75) is 32.7 Å². The van der Waals surface area contributed by atoms with Gasteiger partial charge in [-0.1, -0.05) is 13.8 Å². The molecule has 1 aromatic rings. The SMILES string of the molecule is CC(C)C(Nc1ccc(F)cc1)C(=O)N1CCCCN1C#N. The second-order valence-electron chi connectivity index (χ2n) is 5.76. The average Bonchev–Trinajstić information content (AvgIpc) is 2.53. The Morgan fingerprint density at radius 2 is 1.91 bits per heavy atom. The fourth-order valence-electron chi connectivity index (χ4n) is 2.50. The quantitative estimate of drug-likeness (QED) is 0.869. The molecule has 1 amide bonds. The van der Waals surface area contributed by atoms with Gasteiger partial charge in [0.1, 0.15) is 11.9 Å². The van der Waals surface area contributed by atoms with Crippen LogP contribution in [-0.2, 0) is 4.79 Å². The van der Waals surface area contributed by atoms with Crippen molar-refractivity contribution in [3.63, 3.8) is 0 Å². The molecule has 0 saturated carbocycles. The molecule has 22 heavy (non-hydrogen) atoms. The summed E-state index contributed by atoms with van der Waals surface area (Å²) < 4.78 is 13.0. The number of nitrogens with zero attached hydrogens (tertiary/aromatic N) is 3. The van der Waals surface area contributed by atoms with Gasteiger partial charge in [0.2, 0.25) is 0 Å². The molecule has 1 heterocycles. The summed E-state index contributed by atoms with van der Waals surface area (Å²) in [6, 6.07) is 5.46. The number of nitriles is 1. The molecular formula is C16H21FN4O. The smallest absolute Gasteiger partial charge is 0.264 e. The number of hydrogen-bond donors (Lipinski definition) is 1. The molecule has 0 aromatic heterocycles. The summed E-state index contributed by atoms with van der Waals surface area (Å²) in [5, 5.41) is 15.3. The molecule has 0 radical (unpaired) electrons. The molecule has 0 spiro atoms. The van der Waals surface area contributed by atoms with Crippen LogP contribution in [0, 0.1) is 23.2 Å². The number of hydrogen-bond acceptors (Lipinski definition) is 4. The summed E-state index contributed by atoms with van der Waals surface area (Å²) in [6.45, 7) is 5.02. The fraction of sp³-hybridized carbons (Fsp3) is 0.500. The molecule has 1 unspecified atom stereocenters. The van der Waals surface area contributed by atoms with E-state index in [1.807, 2.05) is 13.8 Å². The number of carbonyl (C=O) groups excluding carboxylic acids is 1. The lowest BCUT2D eigenvalue weighted by molar-refractivity contribution is -0.148. The highest BCUT2D eigenvalue weighted by Gasteiger charge is 2.31. The van der Waals surface area contributed by atoms with Crippen LogP contribution in [0.2, 0.25) is 0 Å². The van der Waals surface area contributed by atoms with E-state index in [0.717, 1.165) is 12.8 Å². The van der Waals surface area contributed by atoms with Crippen molar-refractivity contribution in [3.8, 4) is 6.19 Å². The third-order valence-electron chi connectivity index (χ3n) is 3.75. The predicted octanol–water partition coefficient (Wildman–Crippen LogP) is 2.58. The Hall–Kier alpha value is -2.29. The second kappa shape index (κ2) is 7.12. The fourth-order valence-corrected chi connectivity index (χ4v) is 2.50. The van der Waals surface area contributed by atoms with Gasteiger partial charge in [-0.3, -0.25) is 4.79 Å². The second-order valence-corrected chi connectivity index (χ2v) is 5.76. The molecule has 1 aliphatic heterocycles. The van der Waals surface area contributed by atoms with Crippen molar-refractivity contribution in [2.75, 3.05) is 18.4 Å². The van der Waals surface area contributed by atoms with Gasteiger partial charge in [0.25, 0.3) is 5.91 Å². The molecule has 0 aliphatic carbocycles. The summed E-state index contributed by atoms with van der Waals surface area (Å²) >= 11 is 0. The van der Waals surface area contributed by atoms with Crippen molar-refractivity contribution in [1.82, 2.24) is 10.0 Å². The monoisotopic (exact) mass is 304 g/mol. The van der Waals surface area contributed by atoms with Crippen LogP contribution < -0.4 is 5.32 Å². The van der Waals surface area contributed by atoms with Gasteiger partial charge < -0.3 is 5.32 Å². The zero-order valence-electron chi connectivity index (χ0n) is 12.9. The number of rotatable bonds is 4. The topological polar surface area (TPSA) is 59.4 Å². The molecule has 1 aliphatic rings. The first-order chi connectivity index (χ1) is 10.5. The van der Waals surface area contributed by atoms with Gasteiger partial charge in [-0.05, 0) is 43.0 Å². The van der Waals surface area contributed by atoms with E-state index in [4.69, 9.17) is 0 Å². The van der Waals surface area contributed by atoms with E-state index in [1.165, 1.54) is 22.2 Å². The van der Waals surface area contributed by atoms with Crippen LogP contribution in [0.15, 0.2) is 24.3 Å². The molecule has 1 fully saturated rings. The normalized spacial score (nSPS) is 16.3. The van der Waals surface area contributed by atoms with Crippen LogP contribution in [0.4, 0.5) is 10.1 Å². The Labute approximate surface area is 130 Å². The van der Waals surface area contributed by atoms with Gasteiger partial charge in [-0.25, -0.2) is 14.4 Å². The maximum absolute atomic E-state index is 13.0. The van der Waals surface area contributed by atoms with E-state index in [2.05, 4.69) is 11.5 Å². The summed E-state index contributed by atoms with van der Waals surface area (Å²) in [6.07, 6.45) is 3.87. The number of benzene rings is 1. The first-order valence-corrected chi connectivity index (χ1v) is 7.53. The highest BCUT2D eigenvalue weighted by molar-refractivity contribution is 5.84. The highest BCUT2D eigenvalue weighted by Crippen LogP contribution is 2.18. The van der Waals surface area contributed by atoms with Crippen LogP contribution in [0.3, 0.4) is 0 Å². The van der Waals surface area contributed by atoms with Crippen molar-refractivity contribution in [3.05, 3.63) is 30.1 Å². The molecule has 1 saturated heterocycles. The third kappa shape index (κ3) is 3.67. The van der Waals surface area contributed by atoms with E-state index in [1.54, 1.807) is 12.1 Å². The van der Waals surface area contributed by atoms with Gasteiger partial charge in [-0.15, -0.1) is 0 Å². The van der Waals surface area contributed by atoms with Gasteiger partial charge in [0.05, 0.1) is 6.54 Å². The Morgan fingerprint density at radius 3 is 2.50 bits per heavy atom. The van der Waals surface area contributed by atoms with Crippen molar-refractivity contribution < 1.29 is 9.18 Å². The molecule has 1 atom stereocenters. The van der Waals surface area contributed by atoms with Crippen molar-refractivity contribution >= 4 is 11.6 Å². The van der Waals surface area contributed by atoms with E-state index in [0.29, 0.717) is 18.8 Å². The molecule has 1 aromatic carbocycles. The Bertz CT molecular complexity index is 552. The predicted molar refractivity (Wildman–Crippen MR) is 81.9 cm³/mol. The largest absolute Gasteiger partial charge is 0.373 e. The maximum atomic E-state index is 13.0. The molecule has 118 valence electrons. The standard InChI is InChI=1S/C16H21FN4O/c1-12(2)15(19-14-7-5-13(17)6-8-14)16(22)21-10-4-3-9-20(21)11-18/h5-8,12,15,19H,3-4,9-10H2,1-2H3. The summed E-state index contributed by atoms with van der Waals surface area (Å²) in [5.41, 5.74) is 0.689. The number of hydrazine groups is 1. The van der Waals surface area contributed by atoms with Gasteiger partial charge in [0.15, 0.2) is 6.19 Å². The maximum Gasteiger partial charge on any atom is 0.264 e. The molecular weight excluding hydrogens is 283 g/mol. The number of anilines is 1. The zero-order valence-corrected chi connectivity index (χ0v) is 12.9. The van der Waals surface area contributed by atoms with Crippen LogP contribution in [-0.4, -0.2) is 35.1 Å². The minimum absolute atomic E-state index is 0.0417. The van der Waals surface area contributed by atoms with Gasteiger partial charge >= 0.3 is 0 Å². The first kappa shape index (κ1) is 16.1. The van der Waals surface area contributed by atoms with E-state index in [-0.39, 0.29) is 17.6 Å². The highest BCUT2D eigenvalue weighted by atomic mass is 19.1. The summed E-state index contributed by atoms with van der Waals surface area (Å²) in [5.74, 6) is -0.398. The lowest BCUT2D eigenvalue weighted by Crippen LogP contribution is -2.54.